The number of halogens is 1. The van der Waals surface area contributed by atoms with Gasteiger partial charge < -0.3 is 15.2 Å². The Morgan fingerprint density at radius 3 is 2.41 bits per heavy atom. The van der Waals surface area contributed by atoms with Crippen LogP contribution in [-0.4, -0.2) is 23.1 Å². The van der Waals surface area contributed by atoms with E-state index >= 15 is 0 Å². The van der Waals surface area contributed by atoms with Gasteiger partial charge in [0, 0.05) is 22.8 Å². The zero-order chi connectivity index (χ0) is 22.2. The average molecular weight is 452 g/mol. The molecule has 164 valence electrons. The fourth-order valence-corrected chi connectivity index (χ4v) is 5.82. The third-order valence-electron chi connectivity index (χ3n) is 6.12. The van der Waals surface area contributed by atoms with Crippen LogP contribution < -0.4 is 10.1 Å². The molecule has 1 fully saturated rings. The lowest BCUT2D eigenvalue weighted by molar-refractivity contribution is -0.116. The van der Waals surface area contributed by atoms with Crippen molar-refractivity contribution in [1.29, 1.82) is 0 Å². The lowest BCUT2D eigenvalue weighted by Gasteiger charge is -2.24. The fraction of sp³-hybridized carbons (Fsp3) is 0.280. The van der Waals surface area contributed by atoms with E-state index in [2.05, 4.69) is 5.32 Å². The van der Waals surface area contributed by atoms with Crippen molar-refractivity contribution in [1.82, 2.24) is 0 Å². The van der Waals surface area contributed by atoms with Gasteiger partial charge in [-0.25, -0.2) is 9.18 Å². The number of hydrogen-bond acceptors (Lipinski definition) is 4. The van der Waals surface area contributed by atoms with Gasteiger partial charge in [-0.3, -0.25) is 4.79 Å². The molecular weight excluding hydrogens is 429 g/mol. The third kappa shape index (κ3) is 3.88. The molecule has 7 heteroatoms. The van der Waals surface area contributed by atoms with Gasteiger partial charge in [0.05, 0.1) is 11.8 Å². The van der Waals surface area contributed by atoms with E-state index in [1.54, 1.807) is 0 Å². The monoisotopic (exact) mass is 451 g/mol. The summed E-state index contributed by atoms with van der Waals surface area (Å²) in [6.07, 6.45) is 5.05. The fourth-order valence-electron chi connectivity index (χ4n) is 4.58. The summed E-state index contributed by atoms with van der Waals surface area (Å²) in [7, 11) is 0. The van der Waals surface area contributed by atoms with Crippen molar-refractivity contribution in [2.75, 3.05) is 5.32 Å². The Morgan fingerprint density at radius 2 is 1.75 bits per heavy atom. The van der Waals surface area contributed by atoms with Crippen molar-refractivity contribution >= 4 is 28.9 Å². The molecule has 2 aromatic carbocycles. The van der Waals surface area contributed by atoms with Crippen molar-refractivity contribution in [3.63, 3.8) is 0 Å². The smallest absolute Gasteiger partial charge is 0.346 e. The Labute approximate surface area is 188 Å². The molecule has 2 aliphatic rings. The van der Waals surface area contributed by atoms with Gasteiger partial charge in [0.2, 0.25) is 5.91 Å². The molecule has 0 spiro atoms. The van der Waals surface area contributed by atoms with Crippen LogP contribution in [0.1, 0.15) is 58.1 Å². The van der Waals surface area contributed by atoms with E-state index in [0.717, 1.165) is 29.0 Å². The number of carbonyl (C=O) groups is 2. The first-order chi connectivity index (χ1) is 15.5. The highest BCUT2D eigenvalue weighted by atomic mass is 32.1. The number of benzene rings is 2. The highest BCUT2D eigenvalue weighted by Gasteiger charge is 2.34. The van der Waals surface area contributed by atoms with Gasteiger partial charge in [0.15, 0.2) is 0 Å². The molecule has 0 unspecified atom stereocenters. The van der Waals surface area contributed by atoms with Gasteiger partial charge in [0.1, 0.15) is 16.4 Å². The number of carbonyl (C=O) groups excluding carboxylic acids is 1. The summed E-state index contributed by atoms with van der Waals surface area (Å²) < 4.78 is 19.5. The largest absolute Gasteiger partial charge is 0.490 e. The maximum Gasteiger partial charge on any atom is 0.346 e. The van der Waals surface area contributed by atoms with Crippen molar-refractivity contribution in [2.24, 2.45) is 0 Å². The van der Waals surface area contributed by atoms with E-state index in [0.29, 0.717) is 16.8 Å². The number of aromatic carboxylic acids is 1. The Bertz CT molecular complexity index is 1160. The molecule has 0 bridgehead atoms. The first kappa shape index (κ1) is 20.7. The lowest BCUT2D eigenvalue weighted by atomic mass is 9.88. The van der Waals surface area contributed by atoms with Crippen molar-refractivity contribution in [2.45, 2.75) is 44.1 Å². The van der Waals surface area contributed by atoms with Gasteiger partial charge in [-0.1, -0.05) is 24.3 Å². The van der Waals surface area contributed by atoms with E-state index < -0.39 is 11.8 Å². The zero-order valence-electron chi connectivity index (χ0n) is 17.3. The van der Waals surface area contributed by atoms with Crippen LogP contribution in [0.5, 0.6) is 5.75 Å². The summed E-state index contributed by atoms with van der Waals surface area (Å²) in [5.41, 5.74) is 2.43. The molecule has 0 radical (unpaired) electrons. The Balaban J connectivity index is 1.53. The molecule has 3 aromatic rings. The standard InChI is InChI=1S/C25H22FNO4S/c26-16-9-5-15(6-10-16)21-22-23(32-24(21)25(29)30)19(13-20(28)27-22)14-7-11-18(12-8-14)31-17-3-1-2-4-17/h5-12,17,19H,1-4,13H2,(H,27,28)(H,29,30)/t19-/m1/s1. The summed E-state index contributed by atoms with van der Waals surface area (Å²) in [5, 5.41) is 12.7. The van der Waals surface area contributed by atoms with Crippen LogP contribution in [0.3, 0.4) is 0 Å². The first-order valence-corrected chi connectivity index (χ1v) is 11.5. The summed E-state index contributed by atoms with van der Waals surface area (Å²) in [5.74, 6) is -1.09. The van der Waals surface area contributed by atoms with Crippen LogP contribution in [0.4, 0.5) is 10.1 Å². The number of hydrogen-bond donors (Lipinski definition) is 2. The van der Waals surface area contributed by atoms with Gasteiger partial charge in [0.25, 0.3) is 0 Å². The number of amides is 1. The number of thiophene rings is 1. The summed E-state index contributed by atoms with van der Waals surface area (Å²) in [6, 6.07) is 13.4. The van der Waals surface area contributed by atoms with E-state index in [1.165, 1.54) is 48.4 Å². The number of carboxylic acid groups (broad SMARTS) is 1. The summed E-state index contributed by atoms with van der Waals surface area (Å²) in [4.78, 5) is 25.5. The second-order valence-corrected chi connectivity index (χ2v) is 9.31. The van der Waals surface area contributed by atoms with Crippen molar-refractivity contribution < 1.29 is 23.8 Å². The predicted octanol–water partition coefficient (Wildman–Crippen LogP) is 6.05. The molecule has 0 saturated heterocycles. The average Bonchev–Trinajstić information content (AvgIpc) is 3.42. The molecule has 1 aliphatic carbocycles. The normalized spacial score (nSPS) is 18.3. The molecule has 1 aliphatic heterocycles. The molecule has 1 saturated carbocycles. The van der Waals surface area contributed by atoms with Crippen molar-refractivity contribution in [3.8, 4) is 16.9 Å². The van der Waals surface area contributed by atoms with Gasteiger partial charge >= 0.3 is 5.97 Å². The van der Waals surface area contributed by atoms with Crippen LogP contribution in [0.25, 0.3) is 11.1 Å². The number of nitrogens with one attached hydrogen (secondary N) is 1. The minimum Gasteiger partial charge on any atom is -0.490 e. The molecule has 1 amide bonds. The van der Waals surface area contributed by atoms with Crippen LogP contribution in [-0.2, 0) is 4.79 Å². The molecule has 5 rings (SSSR count). The summed E-state index contributed by atoms with van der Waals surface area (Å²) in [6.45, 7) is 0. The Kier molecular flexibility index (Phi) is 5.43. The second-order valence-electron chi connectivity index (χ2n) is 8.26. The number of anilines is 1. The molecule has 32 heavy (non-hydrogen) atoms. The highest BCUT2D eigenvalue weighted by Crippen LogP contribution is 2.49. The first-order valence-electron chi connectivity index (χ1n) is 10.7. The third-order valence-corrected chi connectivity index (χ3v) is 7.41. The number of carboxylic acids is 1. The minimum absolute atomic E-state index is 0.134. The number of rotatable bonds is 5. The lowest BCUT2D eigenvalue weighted by Crippen LogP contribution is -2.22. The molecular formula is C25H22FNO4S. The number of fused-ring (bicyclic) bond motifs is 1. The van der Waals surface area contributed by atoms with Crippen LogP contribution in [0.2, 0.25) is 0 Å². The SMILES string of the molecule is O=C1C[C@H](c2ccc(OC3CCCC3)cc2)c2sc(C(=O)O)c(-c3ccc(F)cc3)c2N1. The van der Waals surface area contributed by atoms with E-state index in [9.17, 15) is 19.1 Å². The van der Waals surface area contributed by atoms with E-state index in [-0.39, 0.29) is 29.2 Å². The van der Waals surface area contributed by atoms with E-state index in [1.807, 2.05) is 24.3 Å². The van der Waals surface area contributed by atoms with Crippen molar-refractivity contribution in [3.05, 3.63) is 69.7 Å². The molecule has 2 heterocycles. The molecule has 1 atom stereocenters. The molecule has 1 aromatic heterocycles. The quantitative estimate of drug-likeness (QED) is 0.495. The molecule has 2 N–H and O–H groups in total. The zero-order valence-corrected chi connectivity index (χ0v) is 18.1. The molecule has 5 nitrogen and oxygen atoms in total. The predicted molar refractivity (Wildman–Crippen MR) is 121 cm³/mol. The Hall–Kier alpha value is -3.19. The second kappa shape index (κ2) is 8.39. The van der Waals surface area contributed by atoms with Gasteiger partial charge in [-0.2, -0.15) is 0 Å². The van der Waals surface area contributed by atoms with Gasteiger partial charge in [-0.15, -0.1) is 11.3 Å². The maximum atomic E-state index is 13.4. The minimum atomic E-state index is -1.07. The summed E-state index contributed by atoms with van der Waals surface area (Å²) >= 11 is 1.17. The topological polar surface area (TPSA) is 75.6 Å². The van der Waals surface area contributed by atoms with Crippen LogP contribution >= 0.6 is 11.3 Å². The van der Waals surface area contributed by atoms with Gasteiger partial charge in [-0.05, 0) is 61.1 Å². The maximum absolute atomic E-state index is 13.4. The van der Waals surface area contributed by atoms with E-state index in [4.69, 9.17) is 4.74 Å². The van der Waals surface area contributed by atoms with Crippen LogP contribution in [0, 0.1) is 5.82 Å². The number of ether oxygens (including phenoxy) is 1. The Morgan fingerprint density at radius 1 is 1.06 bits per heavy atom. The van der Waals surface area contributed by atoms with Crippen LogP contribution in [0.15, 0.2) is 48.5 Å². The highest BCUT2D eigenvalue weighted by molar-refractivity contribution is 7.15.